The molecule has 17 heavy (non-hydrogen) atoms. The third-order valence-corrected chi connectivity index (χ3v) is 3.42. The second kappa shape index (κ2) is 4.70. The summed E-state index contributed by atoms with van der Waals surface area (Å²) in [6.07, 6.45) is 1.84. The van der Waals surface area contributed by atoms with Gasteiger partial charge in [-0.3, -0.25) is 0 Å². The second-order valence-corrected chi connectivity index (χ2v) is 4.65. The van der Waals surface area contributed by atoms with Crippen LogP contribution in [0.3, 0.4) is 0 Å². The van der Waals surface area contributed by atoms with E-state index in [1.165, 1.54) is 12.1 Å². The first-order valence-electron chi connectivity index (χ1n) is 5.83. The van der Waals surface area contributed by atoms with Crippen LogP contribution in [0.5, 0.6) is 0 Å². The van der Waals surface area contributed by atoms with Crippen molar-refractivity contribution in [2.75, 3.05) is 13.7 Å². The Labute approximate surface area is 100.0 Å². The predicted octanol–water partition coefficient (Wildman–Crippen LogP) is 2.79. The molecule has 1 aliphatic rings. The minimum atomic E-state index is -0.557. The lowest BCUT2D eigenvalue weighted by atomic mass is 9.87. The molecule has 1 aliphatic heterocycles. The van der Waals surface area contributed by atoms with Crippen LogP contribution in [0.25, 0.3) is 0 Å². The molecule has 1 aromatic carbocycles. The molecule has 0 saturated carbocycles. The van der Waals surface area contributed by atoms with Crippen LogP contribution < -0.4 is 5.32 Å². The maximum atomic E-state index is 13.8. The first-order chi connectivity index (χ1) is 8.07. The van der Waals surface area contributed by atoms with Gasteiger partial charge in [0.15, 0.2) is 0 Å². The van der Waals surface area contributed by atoms with Gasteiger partial charge in [-0.05, 0) is 32.9 Å². The van der Waals surface area contributed by atoms with Crippen LogP contribution in [0.1, 0.15) is 31.4 Å². The van der Waals surface area contributed by atoms with E-state index in [2.05, 4.69) is 5.32 Å². The number of likely N-dealkylation sites (N-methyl/N-ethyl adjacent to an activating group) is 1. The summed E-state index contributed by atoms with van der Waals surface area (Å²) in [6.45, 7) is 2.65. The van der Waals surface area contributed by atoms with Crippen molar-refractivity contribution in [2.45, 2.75) is 31.4 Å². The number of rotatable bonds is 3. The zero-order chi connectivity index (χ0) is 12.5. The fraction of sp³-hybridized carbons (Fsp3) is 0.538. The van der Waals surface area contributed by atoms with Crippen molar-refractivity contribution in [3.8, 4) is 0 Å². The van der Waals surface area contributed by atoms with E-state index in [-0.39, 0.29) is 6.04 Å². The predicted molar refractivity (Wildman–Crippen MR) is 61.7 cm³/mol. The van der Waals surface area contributed by atoms with Crippen LogP contribution in [-0.4, -0.2) is 19.3 Å². The van der Waals surface area contributed by atoms with Crippen LogP contribution in [-0.2, 0) is 4.74 Å². The van der Waals surface area contributed by atoms with E-state index in [0.717, 1.165) is 18.9 Å². The molecule has 94 valence electrons. The summed E-state index contributed by atoms with van der Waals surface area (Å²) < 4.78 is 32.4. The monoisotopic (exact) mass is 241 g/mol. The van der Waals surface area contributed by atoms with Crippen LogP contribution >= 0.6 is 0 Å². The van der Waals surface area contributed by atoms with E-state index >= 15 is 0 Å². The molecule has 0 spiro atoms. The highest BCUT2D eigenvalue weighted by Crippen LogP contribution is 2.38. The van der Waals surface area contributed by atoms with E-state index in [9.17, 15) is 8.78 Å². The molecule has 2 atom stereocenters. The fourth-order valence-electron chi connectivity index (χ4n) is 2.55. The topological polar surface area (TPSA) is 21.3 Å². The molecular weight excluding hydrogens is 224 g/mol. The average molecular weight is 241 g/mol. The van der Waals surface area contributed by atoms with Gasteiger partial charge in [-0.1, -0.05) is 6.07 Å². The van der Waals surface area contributed by atoms with Gasteiger partial charge in [-0.2, -0.15) is 0 Å². The number of halogens is 2. The van der Waals surface area contributed by atoms with Gasteiger partial charge in [0.05, 0.1) is 11.6 Å². The first kappa shape index (κ1) is 12.5. The van der Waals surface area contributed by atoms with Crippen LogP contribution in [0.15, 0.2) is 18.2 Å². The number of nitrogens with one attached hydrogen (secondary N) is 1. The van der Waals surface area contributed by atoms with Crippen molar-refractivity contribution < 1.29 is 13.5 Å². The number of ether oxygens (including phenoxy) is 1. The zero-order valence-corrected chi connectivity index (χ0v) is 10.1. The highest BCUT2D eigenvalue weighted by Gasteiger charge is 2.39. The van der Waals surface area contributed by atoms with Gasteiger partial charge in [0, 0.05) is 18.2 Å². The Morgan fingerprint density at radius 1 is 1.41 bits per heavy atom. The minimum absolute atomic E-state index is 0.259. The van der Waals surface area contributed by atoms with Gasteiger partial charge in [-0.25, -0.2) is 8.78 Å². The average Bonchev–Trinajstić information content (AvgIpc) is 2.70. The number of benzene rings is 1. The highest BCUT2D eigenvalue weighted by molar-refractivity contribution is 5.25. The van der Waals surface area contributed by atoms with Gasteiger partial charge >= 0.3 is 0 Å². The standard InChI is InChI=1S/C13H17F2NO/c1-13(6-3-7-17-13)12(16-2)10-5-4-9(14)8-11(10)15/h4-5,8,12,16H,3,6-7H2,1-2H3. The Morgan fingerprint density at radius 3 is 2.71 bits per heavy atom. The summed E-state index contributed by atoms with van der Waals surface area (Å²) in [5, 5.41) is 3.07. The smallest absolute Gasteiger partial charge is 0.131 e. The quantitative estimate of drug-likeness (QED) is 0.878. The SMILES string of the molecule is CNC(c1ccc(F)cc1F)C1(C)CCCO1. The van der Waals surface area contributed by atoms with E-state index in [1.807, 2.05) is 6.92 Å². The first-order valence-corrected chi connectivity index (χ1v) is 5.83. The molecule has 4 heteroatoms. The highest BCUT2D eigenvalue weighted by atomic mass is 19.1. The summed E-state index contributed by atoms with van der Waals surface area (Å²) in [6, 6.07) is 3.42. The summed E-state index contributed by atoms with van der Waals surface area (Å²) in [5.74, 6) is -1.08. The van der Waals surface area contributed by atoms with Crippen molar-refractivity contribution in [3.05, 3.63) is 35.4 Å². The Morgan fingerprint density at radius 2 is 2.18 bits per heavy atom. The Kier molecular flexibility index (Phi) is 3.45. The third-order valence-electron chi connectivity index (χ3n) is 3.42. The summed E-state index contributed by atoms with van der Waals surface area (Å²) in [4.78, 5) is 0. The second-order valence-electron chi connectivity index (χ2n) is 4.65. The van der Waals surface area contributed by atoms with E-state index in [0.29, 0.717) is 12.2 Å². The number of hydrogen-bond acceptors (Lipinski definition) is 2. The van der Waals surface area contributed by atoms with Gasteiger partial charge < -0.3 is 10.1 Å². The zero-order valence-electron chi connectivity index (χ0n) is 10.1. The lowest BCUT2D eigenvalue weighted by molar-refractivity contribution is -0.0114. The Bertz CT molecular complexity index is 402. The lowest BCUT2D eigenvalue weighted by Crippen LogP contribution is -2.40. The molecule has 2 rings (SSSR count). The largest absolute Gasteiger partial charge is 0.373 e. The molecule has 1 heterocycles. The molecular formula is C13H17F2NO. The van der Waals surface area contributed by atoms with Crippen molar-refractivity contribution in [2.24, 2.45) is 0 Å². The van der Waals surface area contributed by atoms with E-state index < -0.39 is 17.2 Å². The van der Waals surface area contributed by atoms with Gasteiger partial charge in [-0.15, -0.1) is 0 Å². The van der Waals surface area contributed by atoms with Crippen molar-refractivity contribution in [1.82, 2.24) is 5.32 Å². The summed E-state index contributed by atoms with van der Waals surface area (Å²) in [7, 11) is 1.76. The molecule has 0 aromatic heterocycles. The molecule has 0 bridgehead atoms. The number of hydrogen-bond donors (Lipinski definition) is 1. The van der Waals surface area contributed by atoms with Crippen LogP contribution in [0, 0.1) is 11.6 Å². The normalized spacial score (nSPS) is 26.1. The van der Waals surface area contributed by atoms with Gasteiger partial charge in [0.2, 0.25) is 0 Å². The third kappa shape index (κ3) is 2.33. The van der Waals surface area contributed by atoms with Crippen molar-refractivity contribution >= 4 is 0 Å². The molecule has 1 aromatic rings. The van der Waals surface area contributed by atoms with Crippen LogP contribution in [0.4, 0.5) is 8.78 Å². The molecule has 0 radical (unpaired) electrons. The van der Waals surface area contributed by atoms with Crippen molar-refractivity contribution in [1.29, 1.82) is 0 Å². The molecule has 0 aliphatic carbocycles. The molecule has 2 unspecified atom stereocenters. The molecule has 2 nitrogen and oxygen atoms in total. The molecule has 1 N–H and O–H groups in total. The fourth-order valence-corrected chi connectivity index (χ4v) is 2.55. The van der Waals surface area contributed by atoms with Crippen LogP contribution in [0.2, 0.25) is 0 Å². The maximum Gasteiger partial charge on any atom is 0.131 e. The molecule has 1 saturated heterocycles. The minimum Gasteiger partial charge on any atom is -0.373 e. The van der Waals surface area contributed by atoms with E-state index in [4.69, 9.17) is 4.74 Å². The summed E-state index contributed by atoms with van der Waals surface area (Å²) >= 11 is 0. The van der Waals surface area contributed by atoms with Crippen molar-refractivity contribution in [3.63, 3.8) is 0 Å². The maximum absolute atomic E-state index is 13.8. The van der Waals surface area contributed by atoms with E-state index in [1.54, 1.807) is 7.05 Å². The molecule has 0 amide bonds. The Hall–Kier alpha value is -1.00. The van der Waals surface area contributed by atoms with Gasteiger partial charge in [0.25, 0.3) is 0 Å². The lowest BCUT2D eigenvalue weighted by Gasteiger charge is -2.33. The summed E-state index contributed by atoms with van der Waals surface area (Å²) in [5.41, 5.74) is 0.0336. The van der Waals surface area contributed by atoms with Gasteiger partial charge in [0.1, 0.15) is 11.6 Å². The Balaban J connectivity index is 2.34. The molecule has 1 fully saturated rings.